The van der Waals surface area contributed by atoms with Crippen LogP contribution in [0.15, 0.2) is 18.2 Å². The van der Waals surface area contributed by atoms with Crippen LogP contribution in [0.1, 0.15) is 17.5 Å². The van der Waals surface area contributed by atoms with Crippen molar-refractivity contribution in [1.29, 1.82) is 0 Å². The SMILES string of the molecule is Cc1cccc(CC(=O)NCCC(=O)O)c1Cl. The van der Waals surface area contributed by atoms with Crippen molar-refractivity contribution in [3.8, 4) is 0 Å². The molecule has 0 aromatic heterocycles. The van der Waals surface area contributed by atoms with E-state index in [1.54, 1.807) is 6.07 Å². The Bertz CT molecular complexity index is 432. The van der Waals surface area contributed by atoms with E-state index in [-0.39, 0.29) is 25.3 Å². The molecular formula is C12H14ClNO3. The Morgan fingerprint density at radius 1 is 1.41 bits per heavy atom. The van der Waals surface area contributed by atoms with E-state index in [4.69, 9.17) is 16.7 Å². The summed E-state index contributed by atoms with van der Waals surface area (Å²) >= 11 is 6.05. The third kappa shape index (κ3) is 4.44. The predicted octanol–water partition coefficient (Wildman–Crippen LogP) is 1.78. The summed E-state index contributed by atoms with van der Waals surface area (Å²) in [6, 6.07) is 5.49. The van der Waals surface area contributed by atoms with Crippen molar-refractivity contribution < 1.29 is 14.7 Å². The molecule has 0 radical (unpaired) electrons. The number of carboxylic acid groups (broad SMARTS) is 1. The van der Waals surface area contributed by atoms with E-state index in [0.29, 0.717) is 5.02 Å². The Labute approximate surface area is 105 Å². The summed E-state index contributed by atoms with van der Waals surface area (Å²) in [7, 11) is 0. The number of halogens is 1. The molecule has 1 aromatic carbocycles. The molecule has 0 saturated heterocycles. The zero-order valence-corrected chi connectivity index (χ0v) is 10.3. The van der Waals surface area contributed by atoms with E-state index in [1.165, 1.54) is 0 Å². The summed E-state index contributed by atoms with van der Waals surface area (Å²) in [6.07, 6.45) is 0.0907. The number of hydrogen-bond acceptors (Lipinski definition) is 2. The molecule has 1 rings (SSSR count). The number of aryl methyl sites for hydroxylation is 1. The number of aliphatic carboxylic acids is 1. The van der Waals surface area contributed by atoms with Crippen LogP contribution in [0.25, 0.3) is 0 Å². The highest BCUT2D eigenvalue weighted by Crippen LogP contribution is 2.20. The fraction of sp³-hybridized carbons (Fsp3) is 0.333. The van der Waals surface area contributed by atoms with E-state index in [2.05, 4.69) is 5.32 Å². The van der Waals surface area contributed by atoms with Crippen LogP contribution >= 0.6 is 11.6 Å². The maximum absolute atomic E-state index is 11.5. The Hall–Kier alpha value is -1.55. The predicted molar refractivity (Wildman–Crippen MR) is 65.2 cm³/mol. The summed E-state index contributed by atoms with van der Waals surface area (Å²) in [5, 5.41) is 11.5. The van der Waals surface area contributed by atoms with Crippen LogP contribution in [0.4, 0.5) is 0 Å². The van der Waals surface area contributed by atoms with E-state index >= 15 is 0 Å². The fourth-order valence-electron chi connectivity index (χ4n) is 1.39. The van der Waals surface area contributed by atoms with Gasteiger partial charge in [0.1, 0.15) is 0 Å². The van der Waals surface area contributed by atoms with E-state index in [9.17, 15) is 9.59 Å². The van der Waals surface area contributed by atoms with Crippen LogP contribution in [0, 0.1) is 6.92 Å². The van der Waals surface area contributed by atoms with Crippen molar-refractivity contribution in [1.82, 2.24) is 5.32 Å². The summed E-state index contributed by atoms with van der Waals surface area (Å²) < 4.78 is 0. The summed E-state index contributed by atoms with van der Waals surface area (Å²) in [5.74, 6) is -1.15. The molecule has 5 heteroatoms. The Morgan fingerprint density at radius 3 is 2.76 bits per heavy atom. The van der Waals surface area contributed by atoms with Gasteiger partial charge < -0.3 is 10.4 Å². The number of rotatable bonds is 5. The van der Waals surface area contributed by atoms with Gasteiger partial charge in [-0.1, -0.05) is 29.8 Å². The number of hydrogen-bond donors (Lipinski definition) is 2. The fourth-order valence-corrected chi connectivity index (χ4v) is 1.58. The molecule has 0 fully saturated rings. The highest BCUT2D eigenvalue weighted by Gasteiger charge is 2.08. The highest BCUT2D eigenvalue weighted by molar-refractivity contribution is 6.32. The molecule has 0 bridgehead atoms. The summed E-state index contributed by atoms with van der Waals surface area (Å²) in [4.78, 5) is 21.8. The average molecular weight is 256 g/mol. The first-order valence-corrected chi connectivity index (χ1v) is 5.61. The monoisotopic (exact) mass is 255 g/mol. The summed E-state index contributed by atoms with van der Waals surface area (Å²) in [6.45, 7) is 2.01. The molecule has 17 heavy (non-hydrogen) atoms. The number of nitrogens with one attached hydrogen (secondary N) is 1. The van der Waals surface area contributed by atoms with Crippen LogP contribution < -0.4 is 5.32 Å². The second kappa shape index (κ2) is 6.25. The minimum Gasteiger partial charge on any atom is -0.481 e. The topological polar surface area (TPSA) is 66.4 Å². The lowest BCUT2D eigenvalue weighted by Crippen LogP contribution is -2.27. The first kappa shape index (κ1) is 13.5. The van der Waals surface area contributed by atoms with Crippen LogP contribution in [-0.2, 0) is 16.0 Å². The van der Waals surface area contributed by atoms with Gasteiger partial charge in [0.2, 0.25) is 5.91 Å². The maximum Gasteiger partial charge on any atom is 0.305 e. The number of carbonyl (C=O) groups excluding carboxylic acids is 1. The van der Waals surface area contributed by atoms with Gasteiger partial charge in [-0.2, -0.15) is 0 Å². The van der Waals surface area contributed by atoms with Gasteiger partial charge in [-0.25, -0.2) is 0 Å². The maximum atomic E-state index is 11.5. The van der Waals surface area contributed by atoms with Crippen LogP contribution in [0.2, 0.25) is 5.02 Å². The van der Waals surface area contributed by atoms with Crippen LogP contribution in [0.5, 0.6) is 0 Å². The van der Waals surface area contributed by atoms with E-state index in [1.807, 2.05) is 19.1 Å². The molecular weight excluding hydrogens is 242 g/mol. The molecule has 92 valence electrons. The Balaban J connectivity index is 2.51. The van der Waals surface area contributed by atoms with Gasteiger partial charge in [0, 0.05) is 11.6 Å². The van der Waals surface area contributed by atoms with Crippen molar-refractivity contribution in [3.63, 3.8) is 0 Å². The molecule has 0 heterocycles. The minimum atomic E-state index is -0.932. The van der Waals surface area contributed by atoms with Gasteiger partial charge in [0.25, 0.3) is 0 Å². The molecule has 4 nitrogen and oxygen atoms in total. The Kier molecular flexibility index (Phi) is 4.97. The average Bonchev–Trinajstić information content (AvgIpc) is 2.24. The Morgan fingerprint density at radius 2 is 2.12 bits per heavy atom. The molecule has 0 aliphatic heterocycles. The lowest BCUT2D eigenvalue weighted by atomic mass is 10.1. The number of amides is 1. The van der Waals surface area contributed by atoms with Crippen LogP contribution in [0.3, 0.4) is 0 Å². The van der Waals surface area contributed by atoms with Crippen LogP contribution in [-0.4, -0.2) is 23.5 Å². The molecule has 0 spiro atoms. The quantitative estimate of drug-likeness (QED) is 0.843. The standard InChI is InChI=1S/C12H14ClNO3/c1-8-3-2-4-9(12(8)13)7-10(15)14-6-5-11(16)17/h2-4H,5-7H2,1H3,(H,14,15)(H,16,17). The van der Waals surface area contributed by atoms with Gasteiger partial charge in [0.15, 0.2) is 0 Å². The molecule has 0 atom stereocenters. The third-order valence-corrected chi connectivity index (χ3v) is 2.82. The first-order chi connectivity index (χ1) is 8.00. The van der Waals surface area contributed by atoms with Crippen molar-refractivity contribution >= 4 is 23.5 Å². The second-order valence-corrected chi connectivity index (χ2v) is 4.10. The molecule has 2 N–H and O–H groups in total. The summed E-state index contributed by atoms with van der Waals surface area (Å²) in [5.41, 5.74) is 1.67. The van der Waals surface area contributed by atoms with Crippen molar-refractivity contribution in [2.75, 3.05) is 6.54 Å². The first-order valence-electron chi connectivity index (χ1n) is 5.23. The molecule has 0 unspecified atom stereocenters. The second-order valence-electron chi connectivity index (χ2n) is 3.72. The number of carboxylic acids is 1. The third-order valence-electron chi connectivity index (χ3n) is 2.28. The normalized spacial score (nSPS) is 10.0. The van der Waals surface area contributed by atoms with Gasteiger partial charge in [0.05, 0.1) is 12.8 Å². The largest absolute Gasteiger partial charge is 0.481 e. The minimum absolute atomic E-state index is 0.0761. The smallest absolute Gasteiger partial charge is 0.305 e. The lowest BCUT2D eigenvalue weighted by molar-refractivity contribution is -0.136. The van der Waals surface area contributed by atoms with Gasteiger partial charge in [-0.3, -0.25) is 9.59 Å². The zero-order chi connectivity index (χ0) is 12.8. The molecule has 0 aliphatic rings. The van der Waals surface area contributed by atoms with Crippen molar-refractivity contribution in [3.05, 3.63) is 34.3 Å². The van der Waals surface area contributed by atoms with E-state index in [0.717, 1.165) is 11.1 Å². The lowest BCUT2D eigenvalue weighted by Gasteiger charge is -2.07. The number of carbonyl (C=O) groups is 2. The zero-order valence-electron chi connectivity index (χ0n) is 9.50. The molecule has 0 saturated carbocycles. The van der Waals surface area contributed by atoms with Gasteiger partial charge in [-0.15, -0.1) is 0 Å². The van der Waals surface area contributed by atoms with Gasteiger partial charge in [-0.05, 0) is 18.1 Å². The van der Waals surface area contributed by atoms with Crippen molar-refractivity contribution in [2.24, 2.45) is 0 Å². The van der Waals surface area contributed by atoms with Crippen molar-refractivity contribution in [2.45, 2.75) is 19.8 Å². The van der Waals surface area contributed by atoms with Gasteiger partial charge >= 0.3 is 5.97 Å². The van der Waals surface area contributed by atoms with E-state index < -0.39 is 5.97 Å². The molecule has 1 amide bonds. The molecule has 1 aromatic rings. The molecule has 0 aliphatic carbocycles. The number of benzene rings is 1. The highest BCUT2D eigenvalue weighted by atomic mass is 35.5.